The Morgan fingerprint density at radius 1 is 0.897 bits per heavy atom. The minimum absolute atomic E-state index is 0.0688. The van der Waals surface area contributed by atoms with E-state index in [4.69, 9.17) is 4.74 Å². The van der Waals surface area contributed by atoms with Gasteiger partial charge in [0.25, 0.3) is 5.88 Å². The number of rotatable bonds is 8. The van der Waals surface area contributed by atoms with E-state index < -0.39 is 11.6 Å². The maximum Gasteiger partial charge on any atom is 0.258 e. The number of nitrogens with zero attached hydrogens (tertiary/aromatic N) is 5. The van der Waals surface area contributed by atoms with E-state index in [2.05, 4.69) is 15.1 Å². The zero-order valence-corrected chi connectivity index (χ0v) is 21.9. The molecule has 3 heterocycles. The van der Waals surface area contributed by atoms with Crippen LogP contribution >= 0.6 is 0 Å². The Morgan fingerprint density at radius 2 is 1.59 bits per heavy atom. The normalized spacial score (nSPS) is 11.4. The minimum atomic E-state index is -0.722. The van der Waals surface area contributed by atoms with Gasteiger partial charge in [-0.25, -0.2) is 23.1 Å². The average Bonchev–Trinajstić information content (AvgIpc) is 3.35. The van der Waals surface area contributed by atoms with Crippen LogP contribution in [-0.4, -0.2) is 29.9 Å². The number of aryl methyl sites for hydroxylation is 3. The number of imidazole rings is 1. The first-order valence-corrected chi connectivity index (χ1v) is 12.3. The van der Waals surface area contributed by atoms with Gasteiger partial charge in [0.2, 0.25) is 5.65 Å². The Kier molecular flexibility index (Phi) is 6.94. The summed E-state index contributed by atoms with van der Waals surface area (Å²) < 4.78 is 50.6. The zero-order chi connectivity index (χ0) is 27.8. The predicted molar refractivity (Wildman–Crippen MR) is 138 cm³/mol. The van der Waals surface area contributed by atoms with Crippen molar-refractivity contribution in [3.05, 3.63) is 111 Å². The topological polar surface area (TPSA) is 74.3 Å². The molecule has 7 nitrogen and oxygen atoms in total. The largest absolute Gasteiger partial charge is 0.470 e. The second-order valence-corrected chi connectivity index (χ2v) is 9.45. The van der Waals surface area contributed by atoms with Crippen LogP contribution in [-0.2, 0) is 19.6 Å². The molecule has 0 aliphatic rings. The number of fused-ring (bicyclic) bond motifs is 1. The van der Waals surface area contributed by atoms with Gasteiger partial charge in [0, 0.05) is 23.9 Å². The third kappa shape index (κ3) is 5.14. The van der Waals surface area contributed by atoms with Crippen molar-refractivity contribution < 1.29 is 22.7 Å². The lowest BCUT2D eigenvalue weighted by Gasteiger charge is -2.10. The van der Waals surface area contributed by atoms with Crippen LogP contribution in [0, 0.1) is 45.1 Å². The Bertz CT molecular complexity index is 1690. The molecule has 0 N–H and O–H groups in total. The van der Waals surface area contributed by atoms with Gasteiger partial charge in [-0.1, -0.05) is 18.2 Å². The van der Waals surface area contributed by atoms with Gasteiger partial charge in [-0.2, -0.15) is 5.10 Å². The minimum Gasteiger partial charge on any atom is -0.470 e. The van der Waals surface area contributed by atoms with Crippen LogP contribution < -0.4 is 4.74 Å². The van der Waals surface area contributed by atoms with Gasteiger partial charge < -0.3 is 4.74 Å². The third-order valence-electron chi connectivity index (χ3n) is 6.66. The number of halogens is 3. The number of hydrogen-bond donors (Lipinski definition) is 0. The van der Waals surface area contributed by atoms with Gasteiger partial charge in [-0.05, 0) is 57.5 Å². The van der Waals surface area contributed by atoms with E-state index in [-0.39, 0.29) is 41.7 Å². The Morgan fingerprint density at radius 3 is 2.28 bits per heavy atom. The molecule has 3 aromatic heterocycles. The molecule has 0 aliphatic heterocycles. The lowest BCUT2D eigenvalue weighted by atomic mass is 10.0. The molecule has 0 bridgehead atoms. The van der Waals surface area contributed by atoms with Crippen LogP contribution in [0.1, 0.15) is 50.0 Å². The Hall–Kier alpha value is -4.47. The fraction of sp³-hybridized carbons (Fsp3) is 0.241. The highest BCUT2D eigenvalue weighted by molar-refractivity contribution is 5.98. The summed E-state index contributed by atoms with van der Waals surface area (Å²) in [6, 6.07) is 9.81. The van der Waals surface area contributed by atoms with Crippen LogP contribution in [0.4, 0.5) is 13.2 Å². The van der Waals surface area contributed by atoms with Crippen molar-refractivity contribution in [2.75, 3.05) is 0 Å². The molecular formula is C29H26F3N5O2. The van der Waals surface area contributed by atoms with Gasteiger partial charge in [0.15, 0.2) is 5.78 Å². The summed E-state index contributed by atoms with van der Waals surface area (Å²) in [6.45, 7) is 7.26. The van der Waals surface area contributed by atoms with Crippen molar-refractivity contribution >= 4 is 11.4 Å². The highest BCUT2D eigenvalue weighted by Crippen LogP contribution is 2.25. The van der Waals surface area contributed by atoms with E-state index in [1.807, 2.05) is 13.8 Å². The molecule has 5 rings (SSSR count). The molecule has 0 atom stereocenters. The van der Waals surface area contributed by atoms with E-state index >= 15 is 0 Å². The number of ether oxygens (including phenoxy) is 1. The summed E-state index contributed by atoms with van der Waals surface area (Å²) in [6.07, 6.45) is 1.77. The zero-order valence-electron chi connectivity index (χ0n) is 21.9. The first kappa shape index (κ1) is 26.1. The van der Waals surface area contributed by atoms with Gasteiger partial charge in [-0.3, -0.25) is 13.9 Å². The van der Waals surface area contributed by atoms with Crippen molar-refractivity contribution in [2.24, 2.45) is 0 Å². The van der Waals surface area contributed by atoms with Crippen molar-refractivity contribution in [1.29, 1.82) is 0 Å². The molecular weight excluding hydrogens is 507 g/mol. The monoisotopic (exact) mass is 533 g/mol. The SMILES string of the molecule is Cc1cn2c(C(=O)Cc3c(C)nn(Cc4ccc(F)cc4)c3C)c(C)nc2c(OCc2c(F)cccc2F)n1. The number of benzene rings is 2. The first-order chi connectivity index (χ1) is 18.6. The number of carbonyl (C=O) groups excluding carboxylic acids is 1. The molecule has 0 fully saturated rings. The quantitative estimate of drug-likeness (QED) is 0.242. The van der Waals surface area contributed by atoms with Crippen molar-refractivity contribution in [1.82, 2.24) is 24.1 Å². The number of hydrogen-bond acceptors (Lipinski definition) is 5. The second-order valence-electron chi connectivity index (χ2n) is 9.45. The van der Waals surface area contributed by atoms with E-state index in [0.29, 0.717) is 23.6 Å². The summed E-state index contributed by atoms with van der Waals surface area (Å²) in [5, 5.41) is 4.60. The molecule has 10 heteroatoms. The maximum absolute atomic E-state index is 14.1. The smallest absolute Gasteiger partial charge is 0.258 e. The molecule has 0 amide bonds. The molecule has 5 aromatic rings. The number of carbonyl (C=O) groups is 1. The number of Topliss-reactive ketones (excluding diaryl/α,β-unsaturated/α-hetero) is 1. The van der Waals surface area contributed by atoms with Gasteiger partial charge in [0.05, 0.1) is 29.2 Å². The highest BCUT2D eigenvalue weighted by atomic mass is 19.1. The van der Waals surface area contributed by atoms with E-state index in [1.54, 1.807) is 41.3 Å². The lowest BCUT2D eigenvalue weighted by Crippen LogP contribution is -2.11. The maximum atomic E-state index is 14.1. The molecule has 0 spiro atoms. The van der Waals surface area contributed by atoms with E-state index in [0.717, 1.165) is 34.6 Å². The molecule has 200 valence electrons. The molecule has 0 radical (unpaired) electrons. The number of aromatic nitrogens is 5. The van der Waals surface area contributed by atoms with Crippen molar-refractivity contribution in [3.8, 4) is 5.88 Å². The Balaban J connectivity index is 1.43. The Labute approximate surface area is 222 Å². The highest BCUT2D eigenvalue weighted by Gasteiger charge is 2.24. The number of ketones is 1. The van der Waals surface area contributed by atoms with Gasteiger partial charge in [-0.15, -0.1) is 0 Å². The van der Waals surface area contributed by atoms with E-state index in [9.17, 15) is 18.0 Å². The lowest BCUT2D eigenvalue weighted by molar-refractivity contribution is 0.0986. The average molecular weight is 534 g/mol. The summed E-state index contributed by atoms with van der Waals surface area (Å²) in [7, 11) is 0. The van der Waals surface area contributed by atoms with Crippen LogP contribution in [0.2, 0.25) is 0 Å². The van der Waals surface area contributed by atoms with Crippen LogP contribution in [0.15, 0.2) is 48.7 Å². The van der Waals surface area contributed by atoms with Crippen LogP contribution in [0.3, 0.4) is 0 Å². The fourth-order valence-electron chi connectivity index (χ4n) is 4.64. The van der Waals surface area contributed by atoms with Crippen LogP contribution in [0.5, 0.6) is 5.88 Å². The van der Waals surface area contributed by atoms with E-state index in [1.165, 1.54) is 18.2 Å². The molecule has 39 heavy (non-hydrogen) atoms. The van der Waals surface area contributed by atoms with Crippen molar-refractivity contribution in [2.45, 2.75) is 47.3 Å². The second kappa shape index (κ2) is 10.4. The van der Waals surface area contributed by atoms with Gasteiger partial charge >= 0.3 is 0 Å². The predicted octanol–water partition coefficient (Wildman–Crippen LogP) is 5.63. The molecule has 0 saturated heterocycles. The molecule has 2 aromatic carbocycles. The third-order valence-corrected chi connectivity index (χ3v) is 6.66. The fourth-order valence-corrected chi connectivity index (χ4v) is 4.64. The standard InChI is InChI=1S/C29H26F3N5O2/c1-16-13-36-27(18(3)34-28(36)29(33-16)39-15-23-24(31)6-5-7-25(23)32)26(38)12-22-17(2)35-37(19(22)4)14-20-8-10-21(30)11-9-20/h5-11,13H,12,14-15H2,1-4H3. The van der Waals surface area contributed by atoms with Gasteiger partial charge in [0.1, 0.15) is 29.8 Å². The van der Waals surface area contributed by atoms with Crippen molar-refractivity contribution in [3.63, 3.8) is 0 Å². The summed E-state index contributed by atoms with van der Waals surface area (Å²) in [5.41, 5.74) is 4.69. The summed E-state index contributed by atoms with van der Waals surface area (Å²) in [4.78, 5) is 22.5. The molecule has 0 saturated carbocycles. The molecule has 0 unspecified atom stereocenters. The summed E-state index contributed by atoms with van der Waals surface area (Å²) >= 11 is 0. The summed E-state index contributed by atoms with van der Waals surface area (Å²) in [5.74, 6) is -1.86. The molecule has 0 aliphatic carbocycles. The van der Waals surface area contributed by atoms with Crippen LogP contribution in [0.25, 0.3) is 5.65 Å². The first-order valence-electron chi connectivity index (χ1n) is 12.3.